The van der Waals surface area contributed by atoms with Gasteiger partial charge in [0, 0.05) is 18.8 Å². The van der Waals surface area contributed by atoms with Crippen molar-refractivity contribution in [3.8, 4) is 11.6 Å². The van der Waals surface area contributed by atoms with Crippen molar-refractivity contribution in [3.05, 3.63) is 53.7 Å². The predicted octanol–water partition coefficient (Wildman–Crippen LogP) is 0.636. The summed E-state index contributed by atoms with van der Waals surface area (Å²) in [5, 5.41) is 4.69. The molecule has 0 spiro atoms. The van der Waals surface area contributed by atoms with Gasteiger partial charge in [-0.2, -0.15) is 0 Å². The van der Waals surface area contributed by atoms with Crippen molar-refractivity contribution in [1.29, 1.82) is 0 Å². The predicted molar refractivity (Wildman–Crippen MR) is 96.5 cm³/mol. The van der Waals surface area contributed by atoms with E-state index >= 15 is 0 Å². The van der Waals surface area contributed by atoms with E-state index in [4.69, 9.17) is 15.2 Å². The maximum absolute atomic E-state index is 12.2. The van der Waals surface area contributed by atoms with E-state index in [1.54, 1.807) is 0 Å². The number of nitrogens with one attached hydrogen (secondary N) is 2. The zero-order valence-electron chi connectivity index (χ0n) is 14.7. The zero-order valence-corrected chi connectivity index (χ0v) is 14.7. The van der Waals surface area contributed by atoms with E-state index in [0.717, 1.165) is 5.56 Å². The van der Waals surface area contributed by atoms with Crippen LogP contribution in [0, 0.1) is 0 Å². The summed E-state index contributed by atoms with van der Waals surface area (Å²) in [4.78, 5) is 38.8. The zero-order chi connectivity index (χ0) is 19.6. The molecule has 0 fully saturated rings. The summed E-state index contributed by atoms with van der Waals surface area (Å²) in [6, 6.07) is 11.1. The molecule has 27 heavy (non-hydrogen) atoms. The van der Waals surface area contributed by atoms with Gasteiger partial charge < -0.3 is 20.5 Å². The van der Waals surface area contributed by atoms with E-state index in [9.17, 15) is 14.4 Å². The third-order valence-electron chi connectivity index (χ3n) is 3.46. The molecule has 142 valence electrons. The van der Waals surface area contributed by atoms with Crippen molar-refractivity contribution in [1.82, 2.24) is 15.6 Å². The molecule has 0 aliphatic heterocycles. The van der Waals surface area contributed by atoms with Gasteiger partial charge >= 0.3 is 6.09 Å². The number of imide groups is 1. The number of methoxy groups -OCH3 is 1. The quantitative estimate of drug-likeness (QED) is 0.649. The maximum Gasteiger partial charge on any atom is 0.420 e. The summed E-state index contributed by atoms with van der Waals surface area (Å²) in [7, 11) is 1.34. The Morgan fingerprint density at radius 2 is 1.93 bits per heavy atom. The molecular formula is C18H20N4O5. The van der Waals surface area contributed by atoms with Crippen molar-refractivity contribution in [3.63, 3.8) is 0 Å². The number of aromatic nitrogens is 1. The van der Waals surface area contributed by atoms with Crippen molar-refractivity contribution < 1.29 is 23.9 Å². The second-order valence-electron chi connectivity index (χ2n) is 5.36. The van der Waals surface area contributed by atoms with Crippen LogP contribution in [0.1, 0.15) is 15.9 Å². The maximum atomic E-state index is 12.2. The molecule has 9 heteroatoms. The fourth-order valence-electron chi connectivity index (χ4n) is 2.12. The molecule has 3 amide bonds. The van der Waals surface area contributed by atoms with Gasteiger partial charge in [0.15, 0.2) is 5.75 Å². The van der Waals surface area contributed by atoms with Crippen LogP contribution >= 0.6 is 0 Å². The number of pyridine rings is 1. The molecule has 9 nitrogen and oxygen atoms in total. The number of hydrogen-bond acceptors (Lipinski definition) is 7. The number of carbonyl (C=O) groups is 3. The van der Waals surface area contributed by atoms with Gasteiger partial charge in [-0.1, -0.05) is 30.3 Å². The Hall–Kier alpha value is -3.46. The van der Waals surface area contributed by atoms with Crippen LogP contribution in [0.3, 0.4) is 0 Å². The van der Waals surface area contributed by atoms with Crippen molar-refractivity contribution in [2.75, 3.05) is 20.2 Å². The lowest BCUT2D eigenvalue weighted by Gasteiger charge is -2.10. The van der Waals surface area contributed by atoms with E-state index in [2.05, 4.69) is 10.3 Å². The molecule has 0 atom stereocenters. The minimum Gasteiger partial charge on any atom is -0.491 e. The number of nitrogens with zero attached hydrogens (tertiary/aromatic N) is 1. The summed E-state index contributed by atoms with van der Waals surface area (Å²) in [5.74, 6) is -1.15. The molecule has 4 N–H and O–H groups in total. The molecule has 2 rings (SSSR count). The molecule has 1 aromatic heterocycles. The average molecular weight is 372 g/mol. The van der Waals surface area contributed by atoms with Crippen LogP contribution in [0.4, 0.5) is 4.79 Å². The number of benzene rings is 1. The molecule has 0 aliphatic carbocycles. The van der Waals surface area contributed by atoms with Gasteiger partial charge in [0.2, 0.25) is 5.91 Å². The number of hydrogen-bond donors (Lipinski definition) is 3. The van der Waals surface area contributed by atoms with E-state index in [1.807, 2.05) is 35.6 Å². The van der Waals surface area contributed by atoms with E-state index in [0.29, 0.717) is 13.0 Å². The Balaban J connectivity index is 1.96. The lowest BCUT2D eigenvalue weighted by Crippen LogP contribution is -2.37. The highest BCUT2D eigenvalue weighted by molar-refractivity contribution is 5.95. The molecule has 1 aromatic carbocycles. The van der Waals surface area contributed by atoms with Crippen LogP contribution in [0.2, 0.25) is 0 Å². The minimum atomic E-state index is -1.05. The molecule has 0 aliphatic rings. The molecule has 0 radical (unpaired) electrons. The van der Waals surface area contributed by atoms with Crippen molar-refractivity contribution >= 4 is 17.9 Å². The van der Waals surface area contributed by atoms with Crippen molar-refractivity contribution in [2.24, 2.45) is 5.73 Å². The fourth-order valence-corrected chi connectivity index (χ4v) is 2.12. The molecular weight excluding hydrogens is 352 g/mol. The summed E-state index contributed by atoms with van der Waals surface area (Å²) in [6.07, 6.45) is 0.887. The van der Waals surface area contributed by atoms with Gasteiger partial charge in [-0.3, -0.25) is 14.9 Å². The van der Waals surface area contributed by atoms with Crippen LogP contribution in [-0.2, 0) is 11.2 Å². The SMILES string of the molecule is COc1cc(C(=O)NCCc2ccccc2)cnc1OC(=O)NC(=O)CN. The monoisotopic (exact) mass is 372 g/mol. The van der Waals surface area contributed by atoms with E-state index in [-0.39, 0.29) is 29.6 Å². The smallest absolute Gasteiger partial charge is 0.420 e. The number of ether oxygens (including phenoxy) is 2. The lowest BCUT2D eigenvalue weighted by molar-refractivity contribution is -0.118. The fraction of sp³-hybridized carbons (Fsp3) is 0.222. The first-order chi connectivity index (χ1) is 13.0. The van der Waals surface area contributed by atoms with Gasteiger partial charge in [0.05, 0.1) is 19.2 Å². The minimum absolute atomic E-state index is 0.0704. The first-order valence-electron chi connectivity index (χ1n) is 8.11. The Morgan fingerprint density at radius 1 is 1.19 bits per heavy atom. The number of carbonyl (C=O) groups excluding carboxylic acids is 3. The van der Waals surface area contributed by atoms with Crippen LogP contribution in [0.5, 0.6) is 11.6 Å². The first-order valence-corrected chi connectivity index (χ1v) is 8.11. The Labute approximate surface area is 155 Å². The molecule has 1 heterocycles. The van der Waals surface area contributed by atoms with Crippen LogP contribution in [-0.4, -0.2) is 43.1 Å². The second kappa shape index (κ2) is 9.88. The third-order valence-corrected chi connectivity index (χ3v) is 3.46. The molecule has 2 aromatic rings. The van der Waals surface area contributed by atoms with Gasteiger partial charge in [-0.05, 0) is 12.0 Å². The van der Waals surface area contributed by atoms with Crippen molar-refractivity contribution in [2.45, 2.75) is 6.42 Å². The molecule has 0 saturated carbocycles. The third kappa shape index (κ3) is 6.08. The largest absolute Gasteiger partial charge is 0.491 e. The lowest BCUT2D eigenvalue weighted by atomic mass is 10.1. The van der Waals surface area contributed by atoms with Gasteiger partial charge in [-0.25, -0.2) is 9.78 Å². The van der Waals surface area contributed by atoms with Gasteiger partial charge in [0.25, 0.3) is 11.8 Å². The number of amides is 3. The molecule has 0 unspecified atom stereocenters. The van der Waals surface area contributed by atoms with Gasteiger partial charge in [0.1, 0.15) is 0 Å². The van der Waals surface area contributed by atoms with Crippen LogP contribution in [0.25, 0.3) is 0 Å². The topological polar surface area (TPSA) is 133 Å². The standard InChI is InChI=1S/C18H20N4O5/c1-26-14-9-13(11-21-17(14)27-18(25)22-15(23)10-19)16(24)20-8-7-12-5-3-2-4-6-12/h2-6,9,11H,7-8,10,19H2,1H3,(H,20,24)(H,22,23,25). The highest BCUT2D eigenvalue weighted by Gasteiger charge is 2.16. The highest BCUT2D eigenvalue weighted by Crippen LogP contribution is 2.25. The molecule has 0 saturated heterocycles. The Kier molecular flexibility index (Phi) is 7.26. The normalized spacial score (nSPS) is 10.0. The summed E-state index contributed by atoms with van der Waals surface area (Å²) < 4.78 is 9.97. The van der Waals surface area contributed by atoms with E-state index < -0.39 is 12.0 Å². The first kappa shape index (κ1) is 19.9. The average Bonchev–Trinajstić information content (AvgIpc) is 2.68. The van der Waals surface area contributed by atoms with Crippen LogP contribution in [0.15, 0.2) is 42.6 Å². The number of nitrogens with two attached hydrogens (primary N) is 1. The molecule has 0 bridgehead atoms. The number of rotatable bonds is 7. The summed E-state index contributed by atoms with van der Waals surface area (Å²) >= 11 is 0. The Bertz CT molecular complexity index is 811. The second-order valence-corrected chi connectivity index (χ2v) is 5.36. The van der Waals surface area contributed by atoms with E-state index in [1.165, 1.54) is 19.4 Å². The Morgan fingerprint density at radius 3 is 2.59 bits per heavy atom. The summed E-state index contributed by atoms with van der Waals surface area (Å²) in [6.45, 7) is 0.0920. The summed E-state index contributed by atoms with van der Waals surface area (Å²) in [5.41, 5.74) is 6.44. The van der Waals surface area contributed by atoms with Crippen LogP contribution < -0.4 is 25.8 Å². The highest BCUT2D eigenvalue weighted by atomic mass is 16.6. The van der Waals surface area contributed by atoms with Gasteiger partial charge in [-0.15, -0.1) is 0 Å².